The maximum Gasteiger partial charge on any atom is 0.252 e. The van der Waals surface area contributed by atoms with Gasteiger partial charge in [0.2, 0.25) is 0 Å². The molecule has 0 atom stereocenters. The Hall–Kier alpha value is -2.56. The summed E-state index contributed by atoms with van der Waals surface area (Å²) in [6.45, 7) is 0.439. The molecule has 24 heavy (non-hydrogen) atoms. The Bertz CT molecular complexity index is 662. The zero-order valence-electron chi connectivity index (χ0n) is 13.6. The summed E-state index contributed by atoms with van der Waals surface area (Å²) >= 11 is 0. The summed E-state index contributed by atoms with van der Waals surface area (Å²) in [5.41, 5.74) is 1.48. The van der Waals surface area contributed by atoms with Crippen molar-refractivity contribution in [1.29, 1.82) is 0 Å². The van der Waals surface area contributed by atoms with Gasteiger partial charge >= 0.3 is 0 Å². The molecule has 0 saturated heterocycles. The largest absolute Gasteiger partial charge is 0.619 e. The molecule has 126 valence electrons. The van der Waals surface area contributed by atoms with Gasteiger partial charge in [0.25, 0.3) is 5.91 Å². The number of nitrogens with zero attached hydrogens (tertiary/aromatic N) is 1. The molecule has 3 rings (SSSR count). The van der Waals surface area contributed by atoms with Gasteiger partial charge in [-0.2, -0.15) is 4.73 Å². The van der Waals surface area contributed by atoms with E-state index in [2.05, 4.69) is 5.32 Å². The molecule has 1 aliphatic carbocycles. The van der Waals surface area contributed by atoms with E-state index in [4.69, 9.17) is 4.74 Å². The van der Waals surface area contributed by atoms with Gasteiger partial charge in [-0.25, -0.2) is 0 Å². The van der Waals surface area contributed by atoms with Gasteiger partial charge in [-0.15, -0.1) is 0 Å². The van der Waals surface area contributed by atoms with Crippen LogP contribution in [-0.2, 0) is 6.54 Å². The van der Waals surface area contributed by atoms with Gasteiger partial charge < -0.3 is 15.3 Å². The molecule has 1 N–H and O–H groups in total. The third-order valence-electron chi connectivity index (χ3n) is 4.30. The Morgan fingerprint density at radius 1 is 1.08 bits per heavy atom. The predicted molar refractivity (Wildman–Crippen MR) is 90.5 cm³/mol. The minimum absolute atomic E-state index is 0.196. The molecular formula is C19H22N2O3. The molecule has 2 aromatic rings. The lowest BCUT2D eigenvalue weighted by atomic mass is 9.98. The van der Waals surface area contributed by atoms with Crippen LogP contribution in [0.15, 0.2) is 48.8 Å². The summed E-state index contributed by atoms with van der Waals surface area (Å²) in [6, 6.07) is 10.9. The van der Waals surface area contributed by atoms with Crippen LogP contribution >= 0.6 is 0 Å². The number of benzene rings is 1. The quantitative estimate of drug-likeness (QED) is 0.678. The summed E-state index contributed by atoms with van der Waals surface area (Å²) in [5, 5.41) is 13.8. The van der Waals surface area contributed by atoms with Crippen LogP contribution in [0.4, 0.5) is 0 Å². The number of pyridine rings is 1. The van der Waals surface area contributed by atoms with Crippen molar-refractivity contribution < 1.29 is 14.3 Å². The molecule has 0 bridgehead atoms. The average Bonchev–Trinajstić information content (AvgIpc) is 2.62. The Morgan fingerprint density at radius 3 is 2.42 bits per heavy atom. The van der Waals surface area contributed by atoms with Crippen LogP contribution in [0.25, 0.3) is 0 Å². The van der Waals surface area contributed by atoms with Crippen molar-refractivity contribution in [1.82, 2.24) is 5.32 Å². The molecule has 1 aromatic heterocycles. The van der Waals surface area contributed by atoms with E-state index >= 15 is 0 Å². The Morgan fingerprint density at radius 2 is 1.75 bits per heavy atom. The highest BCUT2D eigenvalue weighted by Gasteiger charge is 2.14. The first-order valence-corrected chi connectivity index (χ1v) is 8.43. The topological polar surface area (TPSA) is 65.3 Å². The van der Waals surface area contributed by atoms with E-state index in [1.165, 1.54) is 43.8 Å². The van der Waals surface area contributed by atoms with Gasteiger partial charge in [0.1, 0.15) is 5.75 Å². The highest BCUT2D eigenvalue weighted by molar-refractivity contribution is 5.93. The van der Waals surface area contributed by atoms with Crippen molar-refractivity contribution in [2.45, 2.75) is 44.8 Å². The number of carbonyl (C=O) groups is 1. The third-order valence-corrected chi connectivity index (χ3v) is 4.30. The standard InChI is InChI=1S/C19H22N2O3/c22-19(16-10-12-21(23)13-11-16)20-14-15-6-8-18(9-7-15)24-17-4-2-1-3-5-17/h6-13,17H,1-5,14H2,(H,20,22). The van der Waals surface area contributed by atoms with Gasteiger partial charge in [0, 0.05) is 18.7 Å². The highest BCUT2D eigenvalue weighted by atomic mass is 16.5. The fraction of sp³-hybridized carbons (Fsp3) is 0.368. The van der Waals surface area contributed by atoms with Gasteiger partial charge in [0.05, 0.1) is 11.7 Å². The van der Waals surface area contributed by atoms with Gasteiger partial charge in [-0.3, -0.25) is 4.79 Å². The Balaban J connectivity index is 1.50. The smallest absolute Gasteiger partial charge is 0.252 e. The van der Waals surface area contributed by atoms with Crippen LogP contribution < -0.4 is 14.8 Å². The van der Waals surface area contributed by atoms with Crippen molar-refractivity contribution in [2.75, 3.05) is 0 Å². The number of nitrogens with one attached hydrogen (secondary N) is 1. The molecule has 1 fully saturated rings. The number of carbonyl (C=O) groups excluding carboxylic acids is 1. The molecule has 1 aromatic carbocycles. The van der Waals surface area contributed by atoms with Gasteiger partial charge in [-0.1, -0.05) is 18.6 Å². The van der Waals surface area contributed by atoms with Crippen molar-refractivity contribution in [3.05, 3.63) is 65.1 Å². The zero-order valence-corrected chi connectivity index (χ0v) is 13.6. The number of rotatable bonds is 5. The summed E-state index contributed by atoms with van der Waals surface area (Å²) in [5.74, 6) is 0.693. The van der Waals surface area contributed by atoms with Crippen molar-refractivity contribution >= 4 is 5.91 Å². The first-order chi connectivity index (χ1) is 11.7. The van der Waals surface area contributed by atoms with Crippen LogP contribution in [0.1, 0.15) is 48.0 Å². The van der Waals surface area contributed by atoms with Gasteiger partial charge in [-0.05, 0) is 43.4 Å². The minimum Gasteiger partial charge on any atom is -0.619 e. The number of aromatic nitrogens is 1. The molecule has 0 spiro atoms. The van der Waals surface area contributed by atoms with Crippen molar-refractivity contribution in [3.8, 4) is 5.75 Å². The third kappa shape index (κ3) is 4.47. The second-order valence-corrected chi connectivity index (χ2v) is 6.15. The first-order valence-electron chi connectivity index (χ1n) is 8.43. The summed E-state index contributed by atoms with van der Waals surface area (Å²) < 4.78 is 6.65. The molecule has 0 radical (unpaired) electrons. The van der Waals surface area contributed by atoms with E-state index in [-0.39, 0.29) is 5.91 Å². The van der Waals surface area contributed by atoms with Crippen LogP contribution in [0.5, 0.6) is 5.75 Å². The number of hydrogen-bond acceptors (Lipinski definition) is 3. The molecule has 5 nitrogen and oxygen atoms in total. The fourth-order valence-corrected chi connectivity index (χ4v) is 2.91. The zero-order chi connectivity index (χ0) is 16.8. The van der Waals surface area contributed by atoms with Crippen LogP contribution in [-0.4, -0.2) is 12.0 Å². The Labute approximate surface area is 141 Å². The minimum atomic E-state index is -0.196. The molecule has 1 heterocycles. The van der Waals surface area contributed by atoms with Crippen LogP contribution in [0.2, 0.25) is 0 Å². The monoisotopic (exact) mass is 326 g/mol. The van der Waals surface area contributed by atoms with Crippen molar-refractivity contribution in [2.24, 2.45) is 0 Å². The van der Waals surface area contributed by atoms with Crippen molar-refractivity contribution in [3.63, 3.8) is 0 Å². The molecule has 1 saturated carbocycles. The van der Waals surface area contributed by atoms with Gasteiger partial charge in [0.15, 0.2) is 12.4 Å². The highest BCUT2D eigenvalue weighted by Crippen LogP contribution is 2.23. The lowest BCUT2D eigenvalue weighted by Crippen LogP contribution is -2.27. The lowest BCUT2D eigenvalue weighted by Gasteiger charge is -2.23. The van der Waals surface area contributed by atoms with E-state index in [1.54, 1.807) is 0 Å². The molecule has 1 aliphatic rings. The normalized spacial score (nSPS) is 15.0. The van der Waals surface area contributed by atoms with E-state index in [0.717, 1.165) is 24.2 Å². The Kier molecular flexibility index (Phi) is 5.31. The average molecular weight is 326 g/mol. The first kappa shape index (κ1) is 16.3. The second-order valence-electron chi connectivity index (χ2n) is 6.15. The molecule has 1 amide bonds. The summed E-state index contributed by atoms with van der Waals surface area (Å²) in [6.07, 6.45) is 9.05. The SMILES string of the molecule is O=C(NCc1ccc(OC2CCCCC2)cc1)c1cc[n+]([O-])cc1. The summed E-state index contributed by atoms with van der Waals surface area (Å²) in [7, 11) is 0. The summed E-state index contributed by atoms with van der Waals surface area (Å²) in [4.78, 5) is 12.0. The molecule has 5 heteroatoms. The van der Waals surface area contributed by atoms with E-state index in [9.17, 15) is 10.0 Å². The molecular weight excluding hydrogens is 304 g/mol. The second kappa shape index (κ2) is 7.81. The van der Waals surface area contributed by atoms with Crippen LogP contribution in [0, 0.1) is 5.21 Å². The number of hydrogen-bond donors (Lipinski definition) is 1. The predicted octanol–water partition coefficient (Wildman–Crippen LogP) is 2.96. The number of amides is 1. The van der Waals surface area contributed by atoms with E-state index < -0.39 is 0 Å². The van der Waals surface area contributed by atoms with E-state index in [1.807, 2.05) is 24.3 Å². The fourth-order valence-electron chi connectivity index (χ4n) is 2.91. The maximum atomic E-state index is 12.0. The molecule has 0 aliphatic heterocycles. The van der Waals surface area contributed by atoms with Crippen LogP contribution in [0.3, 0.4) is 0 Å². The molecule has 0 unspecified atom stereocenters. The lowest BCUT2D eigenvalue weighted by molar-refractivity contribution is -0.605. The van der Waals surface area contributed by atoms with E-state index in [0.29, 0.717) is 22.9 Å². The maximum absolute atomic E-state index is 12.0. The number of ether oxygens (including phenoxy) is 1.